The van der Waals surface area contributed by atoms with Crippen LogP contribution in [0.5, 0.6) is 0 Å². The first kappa shape index (κ1) is 23.7. The molecule has 0 aliphatic carbocycles. The first-order valence-corrected chi connectivity index (χ1v) is 12.3. The molecule has 10 heteroatoms. The van der Waals surface area contributed by atoms with E-state index in [2.05, 4.69) is 22.2 Å². The molecule has 3 heterocycles. The third kappa shape index (κ3) is 5.55. The van der Waals surface area contributed by atoms with Gasteiger partial charge in [-0.1, -0.05) is 60.7 Å². The highest BCUT2D eigenvalue weighted by Gasteiger charge is 2.27. The zero-order valence-corrected chi connectivity index (χ0v) is 20.2. The normalized spacial score (nSPS) is 16.5. The summed E-state index contributed by atoms with van der Waals surface area (Å²) >= 11 is 12.3. The van der Waals surface area contributed by atoms with Gasteiger partial charge in [0.05, 0.1) is 6.54 Å². The molecule has 1 atom stereocenters. The largest absolute Gasteiger partial charge is 0.342 e. The van der Waals surface area contributed by atoms with Crippen LogP contribution < -0.4 is 5.56 Å². The van der Waals surface area contributed by atoms with Crippen LogP contribution in [0.15, 0.2) is 23.0 Å². The maximum atomic E-state index is 12.7. The molecule has 1 N–H and O–H groups in total. The lowest BCUT2D eigenvalue weighted by atomic mass is 9.96. The molecule has 1 aliphatic heterocycles. The van der Waals surface area contributed by atoms with Crippen LogP contribution in [0.2, 0.25) is 10.0 Å². The van der Waals surface area contributed by atoms with Gasteiger partial charge >= 0.3 is 0 Å². The molecule has 3 aromatic rings. The molecule has 0 radical (unpaired) electrons. The highest BCUT2D eigenvalue weighted by Crippen LogP contribution is 2.26. The second-order valence-electron chi connectivity index (χ2n) is 8.60. The van der Waals surface area contributed by atoms with Crippen molar-refractivity contribution in [3.8, 4) is 0 Å². The van der Waals surface area contributed by atoms with E-state index in [4.69, 9.17) is 28.2 Å². The Kier molecular flexibility index (Phi) is 7.65. The van der Waals surface area contributed by atoms with E-state index in [0.29, 0.717) is 41.0 Å². The number of fused-ring (bicyclic) bond motifs is 1. The summed E-state index contributed by atoms with van der Waals surface area (Å²) < 4.78 is 1.57. The number of piperidine rings is 1. The molecule has 1 amide bonds. The Morgan fingerprint density at radius 1 is 1.24 bits per heavy atom. The fourth-order valence-electron chi connectivity index (χ4n) is 4.28. The van der Waals surface area contributed by atoms with Crippen LogP contribution in [0.25, 0.3) is 11.2 Å². The van der Waals surface area contributed by atoms with E-state index in [1.54, 1.807) is 16.8 Å². The molecule has 0 bridgehead atoms. The monoisotopic (exact) mass is 490 g/mol. The zero-order valence-electron chi connectivity index (χ0n) is 18.7. The van der Waals surface area contributed by atoms with E-state index in [1.807, 2.05) is 11.0 Å². The Bertz CT molecular complexity index is 1190. The Morgan fingerprint density at radius 3 is 2.88 bits per heavy atom. The predicted molar refractivity (Wildman–Crippen MR) is 129 cm³/mol. The second-order valence-corrected chi connectivity index (χ2v) is 9.44. The van der Waals surface area contributed by atoms with Crippen LogP contribution in [0.3, 0.4) is 0 Å². The number of unbranched alkanes of at least 4 members (excludes halogenated alkanes) is 3. The number of rotatable bonds is 8. The number of amides is 1. The lowest BCUT2D eigenvalue weighted by Crippen LogP contribution is -2.39. The Balaban J connectivity index is 1.53. The summed E-state index contributed by atoms with van der Waals surface area (Å²) in [5.74, 6) is 0.725. The maximum Gasteiger partial charge on any atom is 0.281 e. The van der Waals surface area contributed by atoms with Gasteiger partial charge in [-0.15, -0.1) is 5.10 Å². The van der Waals surface area contributed by atoms with E-state index >= 15 is 0 Å². The van der Waals surface area contributed by atoms with Crippen molar-refractivity contribution in [2.45, 2.75) is 64.3 Å². The number of halogens is 2. The first-order chi connectivity index (χ1) is 16.0. The molecule has 0 unspecified atom stereocenters. The van der Waals surface area contributed by atoms with Crippen molar-refractivity contribution in [3.63, 3.8) is 0 Å². The zero-order chi connectivity index (χ0) is 23.4. The number of nitrogens with zero attached hydrogens (tertiary/aromatic N) is 5. The van der Waals surface area contributed by atoms with Crippen molar-refractivity contribution in [3.05, 3.63) is 50.0 Å². The molecular weight excluding hydrogens is 463 g/mol. The number of carbonyl (C=O) groups is 1. The number of carbonyl (C=O) groups excluding carboxylic acids is 1. The summed E-state index contributed by atoms with van der Waals surface area (Å²) in [5.41, 5.74) is 1.06. The highest BCUT2D eigenvalue weighted by molar-refractivity contribution is 6.35. The minimum Gasteiger partial charge on any atom is -0.342 e. The third-order valence-electron chi connectivity index (χ3n) is 6.13. The standard InChI is InChI=1S/C23H28Cl2N6O2/c1-2-3-4-5-8-19(32)30-11-6-7-16(13-30)21-26-22-20(23(33)27-21)28-29-31(22)14-15-9-10-17(24)12-18(15)25/h9-10,12,16H,2-8,11,13-14H2,1H3,(H,26,27,33)/t16-/m1/s1. The quantitative estimate of drug-likeness (QED) is 0.467. The smallest absolute Gasteiger partial charge is 0.281 e. The summed E-state index contributed by atoms with van der Waals surface area (Å²) in [4.78, 5) is 34.9. The van der Waals surface area contributed by atoms with Crippen LogP contribution in [0.1, 0.15) is 69.2 Å². The molecule has 1 aliphatic rings. The van der Waals surface area contributed by atoms with Crippen molar-refractivity contribution in [1.82, 2.24) is 29.9 Å². The number of benzene rings is 1. The van der Waals surface area contributed by atoms with Gasteiger partial charge in [0, 0.05) is 35.5 Å². The fourth-order valence-corrected chi connectivity index (χ4v) is 4.75. The topological polar surface area (TPSA) is 96.8 Å². The van der Waals surface area contributed by atoms with Gasteiger partial charge in [-0.2, -0.15) is 0 Å². The number of H-pyrrole nitrogens is 1. The number of likely N-dealkylation sites (tertiary alicyclic amines) is 1. The number of nitrogens with one attached hydrogen (secondary N) is 1. The Morgan fingerprint density at radius 2 is 2.09 bits per heavy atom. The second kappa shape index (κ2) is 10.7. The van der Waals surface area contributed by atoms with E-state index in [-0.39, 0.29) is 22.9 Å². The number of hydrogen-bond acceptors (Lipinski definition) is 5. The summed E-state index contributed by atoms with van der Waals surface area (Å²) in [7, 11) is 0. The van der Waals surface area contributed by atoms with Crippen molar-refractivity contribution >= 4 is 40.3 Å². The van der Waals surface area contributed by atoms with Crippen molar-refractivity contribution < 1.29 is 4.79 Å². The van der Waals surface area contributed by atoms with Crippen molar-refractivity contribution in [2.75, 3.05) is 13.1 Å². The van der Waals surface area contributed by atoms with Crippen LogP contribution >= 0.6 is 23.2 Å². The number of aromatic amines is 1. The van der Waals surface area contributed by atoms with Gasteiger partial charge in [0.1, 0.15) is 5.82 Å². The minimum atomic E-state index is -0.327. The molecular formula is C23H28Cl2N6O2. The lowest BCUT2D eigenvalue weighted by molar-refractivity contribution is -0.132. The highest BCUT2D eigenvalue weighted by atomic mass is 35.5. The summed E-state index contributed by atoms with van der Waals surface area (Å²) in [5, 5.41) is 9.19. The molecule has 176 valence electrons. The van der Waals surface area contributed by atoms with Gasteiger partial charge < -0.3 is 9.88 Å². The minimum absolute atomic E-state index is 0.0297. The van der Waals surface area contributed by atoms with Crippen LogP contribution in [0, 0.1) is 0 Å². The van der Waals surface area contributed by atoms with Gasteiger partial charge in [0.15, 0.2) is 11.2 Å². The van der Waals surface area contributed by atoms with E-state index < -0.39 is 0 Å². The van der Waals surface area contributed by atoms with Crippen LogP contribution in [-0.4, -0.2) is 48.9 Å². The maximum absolute atomic E-state index is 12.7. The molecule has 0 spiro atoms. The molecule has 0 saturated carbocycles. The van der Waals surface area contributed by atoms with Crippen LogP contribution in [-0.2, 0) is 11.3 Å². The average molecular weight is 491 g/mol. The van der Waals surface area contributed by atoms with Gasteiger partial charge in [-0.3, -0.25) is 9.59 Å². The summed E-state index contributed by atoms with van der Waals surface area (Å²) in [6.45, 7) is 3.79. The van der Waals surface area contributed by atoms with Gasteiger partial charge in [-0.05, 0) is 37.0 Å². The molecule has 1 aromatic carbocycles. The lowest BCUT2D eigenvalue weighted by Gasteiger charge is -2.32. The van der Waals surface area contributed by atoms with Gasteiger partial charge in [0.25, 0.3) is 5.56 Å². The third-order valence-corrected chi connectivity index (χ3v) is 6.72. The molecule has 2 aromatic heterocycles. The van der Waals surface area contributed by atoms with E-state index in [0.717, 1.165) is 50.6 Å². The molecule has 1 fully saturated rings. The number of aromatic nitrogens is 5. The summed E-state index contributed by atoms with van der Waals surface area (Å²) in [6, 6.07) is 5.24. The molecule has 4 rings (SSSR count). The Hall–Kier alpha value is -2.45. The van der Waals surface area contributed by atoms with E-state index in [9.17, 15) is 9.59 Å². The van der Waals surface area contributed by atoms with Gasteiger partial charge in [0.2, 0.25) is 5.91 Å². The van der Waals surface area contributed by atoms with Gasteiger partial charge in [-0.25, -0.2) is 9.67 Å². The van der Waals surface area contributed by atoms with Crippen molar-refractivity contribution in [1.29, 1.82) is 0 Å². The molecule has 33 heavy (non-hydrogen) atoms. The fraction of sp³-hybridized carbons (Fsp3) is 0.522. The molecule has 1 saturated heterocycles. The predicted octanol–water partition coefficient (Wildman–Crippen LogP) is 4.55. The van der Waals surface area contributed by atoms with Crippen molar-refractivity contribution in [2.24, 2.45) is 0 Å². The van der Waals surface area contributed by atoms with Crippen LogP contribution in [0.4, 0.5) is 0 Å². The summed E-state index contributed by atoms with van der Waals surface area (Å²) in [6.07, 6.45) is 6.63. The first-order valence-electron chi connectivity index (χ1n) is 11.5. The van der Waals surface area contributed by atoms with E-state index in [1.165, 1.54) is 0 Å². The Labute approximate surface area is 202 Å². The SMILES string of the molecule is CCCCCCC(=O)N1CCC[C@@H](c2nc3c(nnn3Cc3ccc(Cl)cc3Cl)c(=O)[nH]2)C1. The average Bonchev–Trinajstić information content (AvgIpc) is 3.22. The molecule has 8 nitrogen and oxygen atoms in total. The number of hydrogen-bond donors (Lipinski definition) is 1.